The van der Waals surface area contributed by atoms with Gasteiger partial charge in [0.05, 0.1) is 35.4 Å². The molecular formula is C13H12FN3O2. The maximum atomic E-state index is 13.6. The van der Waals surface area contributed by atoms with E-state index < -0.39 is 11.8 Å². The summed E-state index contributed by atoms with van der Waals surface area (Å²) >= 11 is 0. The van der Waals surface area contributed by atoms with Crippen molar-refractivity contribution < 1.29 is 14.3 Å². The highest BCUT2D eigenvalue weighted by Gasteiger charge is 2.08. The molecule has 0 bridgehead atoms. The summed E-state index contributed by atoms with van der Waals surface area (Å²) in [5.74, 6) is -1.77. The molecule has 2 aromatic rings. The van der Waals surface area contributed by atoms with Gasteiger partial charge >= 0.3 is 5.97 Å². The first kappa shape index (κ1) is 12.9. The van der Waals surface area contributed by atoms with Crippen molar-refractivity contribution >= 4 is 11.7 Å². The van der Waals surface area contributed by atoms with E-state index >= 15 is 0 Å². The van der Waals surface area contributed by atoms with Crippen molar-refractivity contribution in [1.82, 2.24) is 9.97 Å². The summed E-state index contributed by atoms with van der Waals surface area (Å²) in [4.78, 5) is 18.9. The fourth-order valence-corrected chi connectivity index (χ4v) is 1.49. The summed E-state index contributed by atoms with van der Waals surface area (Å²) in [6.07, 6.45) is 3.23. The molecule has 2 N–H and O–H groups in total. The number of benzene rings is 1. The van der Waals surface area contributed by atoms with Gasteiger partial charge in [0.1, 0.15) is 5.82 Å². The Kier molecular flexibility index (Phi) is 3.70. The maximum absolute atomic E-state index is 13.6. The van der Waals surface area contributed by atoms with Crippen molar-refractivity contribution in [3.8, 4) is 0 Å². The van der Waals surface area contributed by atoms with Crippen LogP contribution in [-0.4, -0.2) is 21.0 Å². The number of hydrogen-bond acceptors (Lipinski definition) is 4. The lowest BCUT2D eigenvalue weighted by molar-refractivity contribution is 0.0696. The van der Waals surface area contributed by atoms with Crippen molar-refractivity contribution in [3.63, 3.8) is 0 Å². The topological polar surface area (TPSA) is 75.1 Å². The molecule has 0 aliphatic carbocycles. The third-order valence-corrected chi connectivity index (χ3v) is 2.51. The number of aryl methyl sites for hydroxylation is 1. The molecule has 0 saturated carbocycles. The Morgan fingerprint density at radius 3 is 2.74 bits per heavy atom. The van der Waals surface area contributed by atoms with Gasteiger partial charge in [0.25, 0.3) is 0 Å². The van der Waals surface area contributed by atoms with Crippen LogP contribution < -0.4 is 5.32 Å². The number of nitrogens with one attached hydrogen (secondary N) is 1. The number of carboxylic acid groups (broad SMARTS) is 1. The Morgan fingerprint density at radius 1 is 1.37 bits per heavy atom. The molecule has 1 heterocycles. The molecule has 1 aromatic heterocycles. The quantitative estimate of drug-likeness (QED) is 0.882. The van der Waals surface area contributed by atoms with Gasteiger partial charge in [0.2, 0.25) is 0 Å². The zero-order valence-corrected chi connectivity index (χ0v) is 10.2. The summed E-state index contributed by atoms with van der Waals surface area (Å²) in [5, 5.41) is 11.6. The van der Waals surface area contributed by atoms with E-state index in [9.17, 15) is 9.18 Å². The lowest BCUT2D eigenvalue weighted by atomic mass is 10.2. The molecule has 6 heteroatoms. The van der Waals surface area contributed by atoms with Crippen LogP contribution in [0, 0.1) is 12.7 Å². The zero-order valence-electron chi connectivity index (χ0n) is 10.2. The molecule has 98 valence electrons. The smallest absolute Gasteiger partial charge is 0.335 e. The monoisotopic (exact) mass is 261 g/mol. The third-order valence-electron chi connectivity index (χ3n) is 2.51. The van der Waals surface area contributed by atoms with Gasteiger partial charge in [0, 0.05) is 6.20 Å². The summed E-state index contributed by atoms with van der Waals surface area (Å²) in [7, 11) is 0. The van der Waals surface area contributed by atoms with Crippen LogP contribution in [0.2, 0.25) is 0 Å². The van der Waals surface area contributed by atoms with Crippen LogP contribution in [0.25, 0.3) is 0 Å². The highest BCUT2D eigenvalue weighted by atomic mass is 19.1. The van der Waals surface area contributed by atoms with Crippen molar-refractivity contribution in [2.24, 2.45) is 0 Å². The molecule has 0 amide bonds. The number of aromatic carboxylic acids is 1. The van der Waals surface area contributed by atoms with Gasteiger partial charge < -0.3 is 10.4 Å². The van der Waals surface area contributed by atoms with Crippen molar-refractivity contribution in [1.29, 1.82) is 0 Å². The fraction of sp³-hybridized carbons (Fsp3) is 0.154. The number of halogens is 1. The first-order chi connectivity index (χ1) is 9.06. The van der Waals surface area contributed by atoms with E-state index in [-0.39, 0.29) is 11.3 Å². The van der Waals surface area contributed by atoms with Crippen LogP contribution in [-0.2, 0) is 6.54 Å². The Balaban J connectivity index is 2.07. The van der Waals surface area contributed by atoms with Crippen LogP contribution in [0.1, 0.15) is 21.7 Å². The maximum Gasteiger partial charge on any atom is 0.335 e. The van der Waals surface area contributed by atoms with Gasteiger partial charge in [-0.2, -0.15) is 0 Å². The molecule has 0 atom stereocenters. The van der Waals surface area contributed by atoms with E-state index in [2.05, 4.69) is 15.3 Å². The SMILES string of the molecule is Cc1cnc(CNc2ccc(C(=O)O)cc2F)cn1. The molecule has 19 heavy (non-hydrogen) atoms. The van der Waals surface area contributed by atoms with Crippen LogP contribution in [0.3, 0.4) is 0 Å². The van der Waals surface area contributed by atoms with Crippen LogP contribution in [0.15, 0.2) is 30.6 Å². The molecule has 0 radical (unpaired) electrons. The normalized spacial score (nSPS) is 10.2. The van der Waals surface area contributed by atoms with Crippen LogP contribution in [0.5, 0.6) is 0 Å². The molecule has 0 unspecified atom stereocenters. The van der Waals surface area contributed by atoms with Gasteiger partial charge in [-0.25, -0.2) is 9.18 Å². The molecule has 0 aliphatic heterocycles. The standard InChI is InChI=1S/C13H12FN3O2/c1-8-5-16-10(6-15-8)7-17-12-3-2-9(13(18)19)4-11(12)14/h2-6,17H,7H2,1H3,(H,18,19). The summed E-state index contributed by atoms with van der Waals surface area (Å²) in [6, 6.07) is 3.71. The van der Waals surface area contributed by atoms with E-state index in [1.54, 1.807) is 12.4 Å². The second-order valence-electron chi connectivity index (χ2n) is 4.00. The third kappa shape index (κ3) is 3.25. The summed E-state index contributed by atoms with van der Waals surface area (Å²) in [6.45, 7) is 2.14. The number of carboxylic acids is 1. The number of rotatable bonds is 4. The van der Waals surface area contributed by atoms with Gasteiger partial charge in [0.15, 0.2) is 0 Å². The average molecular weight is 261 g/mol. The van der Waals surface area contributed by atoms with E-state index in [4.69, 9.17) is 5.11 Å². The van der Waals surface area contributed by atoms with Gasteiger partial charge in [-0.05, 0) is 25.1 Å². The van der Waals surface area contributed by atoms with Gasteiger partial charge in [-0.1, -0.05) is 0 Å². The van der Waals surface area contributed by atoms with E-state index in [0.29, 0.717) is 12.2 Å². The number of aromatic nitrogens is 2. The highest BCUT2D eigenvalue weighted by Crippen LogP contribution is 2.16. The van der Waals surface area contributed by atoms with Gasteiger partial charge in [-0.3, -0.25) is 9.97 Å². The first-order valence-corrected chi connectivity index (χ1v) is 5.60. The van der Waals surface area contributed by atoms with E-state index in [0.717, 1.165) is 11.8 Å². The number of carbonyl (C=O) groups is 1. The molecule has 2 rings (SSSR count). The Morgan fingerprint density at radius 2 is 2.16 bits per heavy atom. The predicted molar refractivity (Wildman–Crippen MR) is 67.5 cm³/mol. The minimum absolute atomic E-state index is 0.0850. The zero-order chi connectivity index (χ0) is 13.8. The van der Waals surface area contributed by atoms with Crippen LogP contribution in [0.4, 0.5) is 10.1 Å². The minimum Gasteiger partial charge on any atom is -0.478 e. The molecule has 0 fully saturated rings. The lowest BCUT2D eigenvalue weighted by Gasteiger charge is -2.07. The van der Waals surface area contributed by atoms with E-state index in [1.165, 1.54) is 12.1 Å². The Labute approximate surface area is 109 Å². The molecule has 5 nitrogen and oxygen atoms in total. The summed E-state index contributed by atoms with van der Waals surface area (Å²) < 4.78 is 13.6. The average Bonchev–Trinajstić information content (AvgIpc) is 2.39. The van der Waals surface area contributed by atoms with Gasteiger partial charge in [-0.15, -0.1) is 0 Å². The Hall–Kier alpha value is -2.50. The Bertz CT molecular complexity index is 599. The molecule has 0 aliphatic rings. The molecule has 1 aromatic carbocycles. The predicted octanol–water partition coefficient (Wildman–Crippen LogP) is 2.23. The highest BCUT2D eigenvalue weighted by molar-refractivity contribution is 5.88. The summed E-state index contributed by atoms with van der Waals surface area (Å²) in [5.41, 5.74) is 1.62. The number of hydrogen-bond donors (Lipinski definition) is 2. The second kappa shape index (κ2) is 5.43. The molecule has 0 spiro atoms. The fourth-order valence-electron chi connectivity index (χ4n) is 1.49. The van der Waals surface area contributed by atoms with Crippen molar-refractivity contribution in [2.45, 2.75) is 13.5 Å². The largest absolute Gasteiger partial charge is 0.478 e. The van der Waals surface area contributed by atoms with Crippen molar-refractivity contribution in [2.75, 3.05) is 5.32 Å². The van der Waals surface area contributed by atoms with E-state index in [1.807, 2.05) is 6.92 Å². The number of nitrogens with zero attached hydrogens (tertiary/aromatic N) is 2. The molecule has 0 saturated heterocycles. The number of anilines is 1. The minimum atomic E-state index is -1.16. The second-order valence-corrected chi connectivity index (χ2v) is 4.00. The first-order valence-electron chi connectivity index (χ1n) is 5.60. The lowest BCUT2D eigenvalue weighted by Crippen LogP contribution is -2.05. The van der Waals surface area contributed by atoms with Crippen molar-refractivity contribution in [3.05, 3.63) is 53.4 Å². The molecular weight excluding hydrogens is 249 g/mol. The van der Waals surface area contributed by atoms with Crippen LogP contribution >= 0.6 is 0 Å².